The summed E-state index contributed by atoms with van der Waals surface area (Å²) in [6.45, 7) is 5.56. The maximum Gasteiger partial charge on any atom is 0.354 e. The highest BCUT2D eigenvalue weighted by Crippen LogP contribution is 2.25. The van der Waals surface area contributed by atoms with Gasteiger partial charge in [-0.3, -0.25) is 9.47 Å². The van der Waals surface area contributed by atoms with E-state index in [4.69, 9.17) is 11.5 Å². The topological polar surface area (TPSA) is 90.2 Å². The third kappa shape index (κ3) is 4.14. The molecule has 0 amide bonds. The zero-order chi connectivity index (χ0) is 18.7. The van der Waals surface area contributed by atoms with Gasteiger partial charge in [0.05, 0.1) is 5.69 Å². The first-order valence-electron chi connectivity index (χ1n) is 9.43. The van der Waals surface area contributed by atoms with Crippen molar-refractivity contribution in [3.63, 3.8) is 0 Å². The standard InChI is InChI=1S/C20H29N5O/c1-3-24(18-9-6-16(21)13-18)14(2)12-15-4-7-17(8-5-15)25-11-10-19(22)23-20(25)26/h4-5,7-8,10-11,14,16,18H,3,6,9,12-13,21H2,1-2H3,(H2,22,23,26). The molecule has 4 N–H and O–H groups in total. The van der Waals surface area contributed by atoms with Gasteiger partial charge in [-0.2, -0.15) is 4.98 Å². The lowest BCUT2D eigenvalue weighted by atomic mass is 10.0. The molecule has 1 aromatic heterocycles. The highest BCUT2D eigenvalue weighted by molar-refractivity contribution is 5.36. The van der Waals surface area contributed by atoms with Crippen LogP contribution in [0.4, 0.5) is 5.82 Å². The van der Waals surface area contributed by atoms with E-state index in [0.717, 1.165) is 31.5 Å². The first-order valence-corrected chi connectivity index (χ1v) is 9.43. The van der Waals surface area contributed by atoms with Gasteiger partial charge in [-0.25, -0.2) is 4.79 Å². The summed E-state index contributed by atoms with van der Waals surface area (Å²) >= 11 is 0. The van der Waals surface area contributed by atoms with Crippen molar-refractivity contribution in [3.8, 4) is 5.69 Å². The number of nitrogen functional groups attached to an aromatic ring is 1. The molecule has 6 heteroatoms. The Morgan fingerprint density at radius 1 is 1.27 bits per heavy atom. The fraction of sp³-hybridized carbons (Fsp3) is 0.500. The fourth-order valence-corrected chi connectivity index (χ4v) is 4.09. The normalized spacial score (nSPS) is 21.2. The van der Waals surface area contributed by atoms with E-state index in [1.165, 1.54) is 16.6 Å². The van der Waals surface area contributed by atoms with Crippen LogP contribution in [0.2, 0.25) is 0 Å². The molecule has 1 aliphatic carbocycles. The lowest BCUT2D eigenvalue weighted by Gasteiger charge is -2.33. The number of benzene rings is 1. The molecular weight excluding hydrogens is 326 g/mol. The van der Waals surface area contributed by atoms with E-state index >= 15 is 0 Å². The first kappa shape index (κ1) is 18.6. The maximum atomic E-state index is 12.0. The number of nitrogens with two attached hydrogens (primary N) is 2. The number of hydrogen-bond acceptors (Lipinski definition) is 5. The largest absolute Gasteiger partial charge is 0.383 e. The highest BCUT2D eigenvalue weighted by Gasteiger charge is 2.29. The summed E-state index contributed by atoms with van der Waals surface area (Å²) in [5.74, 6) is 0.239. The van der Waals surface area contributed by atoms with Crippen LogP contribution in [-0.4, -0.2) is 39.1 Å². The van der Waals surface area contributed by atoms with Crippen LogP contribution in [0.15, 0.2) is 41.3 Å². The summed E-state index contributed by atoms with van der Waals surface area (Å²) in [6.07, 6.45) is 6.07. The first-order chi connectivity index (χ1) is 12.5. The Bertz CT molecular complexity index is 786. The predicted molar refractivity (Wildman–Crippen MR) is 105 cm³/mol. The van der Waals surface area contributed by atoms with Crippen LogP contribution in [0.5, 0.6) is 0 Å². The molecule has 1 fully saturated rings. The Labute approximate surface area is 154 Å². The van der Waals surface area contributed by atoms with E-state index in [-0.39, 0.29) is 11.5 Å². The summed E-state index contributed by atoms with van der Waals surface area (Å²) in [4.78, 5) is 18.3. The second-order valence-electron chi connectivity index (χ2n) is 7.28. The van der Waals surface area contributed by atoms with Crippen molar-refractivity contribution >= 4 is 5.82 Å². The molecule has 140 valence electrons. The minimum absolute atomic E-state index is 0.239. The minimum Gasteiger partial charge on any atom is -0.383 e. The summed E-state index contributed by atoms with van der Waals surface area (Å²) in [6, 6.07) is 11.1. The van der Waals surface area contributed by atoms with Crippen molar-refractivity contribution in [1.29, 1.82) is 0 Å². The lowest BCUT2D eigenvalue weighted by Crippen LogP contribution is -2.42. The van der Waals surface area contributed by atoms with Crippen LogP contribution in [0.25, 0.3) is 5.69 Å². The second kappa shape index (κ2) is 8.01. The Balaban J connectivity index is 1.69. The van der Waals surface area contributed by atoms with Crippen LogP contribution in [0.3, 0.4) is 0 Å². The van der Waals surface area contributed by atoms with E-state index in [1.54, 1.807) is 12.3 Å². The molecule has 26 heavy (non-hydrogen) atoms. The quantitative estimate of drug-likeness (QED) is 0.826. The van der Waals surface area contributed by atoms with Crippen LogP contribution in [-0.2, 0) is 6.42 Å². The van der Waals surface area contributed by atoms with E-state index in [0.29, 0.717) is 18.1 Å². The van der Waals surface area contributed by atoms with Crippen molar-refractivity contribution in [2.75, 3.05) is 12.3 Å². The Kier molecular flexibility index (Phi) is 5.74. The number of hydrogen-bond donors (Lipinski definition) is 2. The van der Waals surface area contributed by atoms with Crippen LogP contribution in [0.1, 0.15) is 38.7 Å². The summed E-state index contributed by atoms with van der Waals surface area (Å²) in [5, 5.41) is 0. The average molecular weight is 355 g/mol. The number of likely N-dealkylation sites (N-methyl/N-ethyl adjacent to an activating group) is 1. The minimum atomic E-state index is -0.360. The lowest BCUT2D eigenvalue weighted by molar-refractivity contribution is 0.152. The third-order valence-electron chi connectivity index (χ3n) is 5.42. The van der Waals surface area contributed by atoms with Gasteiger partial charge >= 0.3 is 5.69 Å². The zero-order valence-corrected chi connectivity index (χ0v) is 15.6. The van der Waals surface area contributed by atoms with Crippen LogP contribution < -0.4 is 17.2 Å². The molecule has 0 spiro atoms. The predicted octanol–water partition coefficient (Wildman–Crippen LogP) is 1.95. The molecular formula is C20H29N5O. The molecule has 1 aliphatic rings. The second-order valence-corrected chi connectivity index (χ2v) is 7.28. The van der Waals surface area contributed by atoms with Crippen molar-refractivity contribution < 1.29 is 0 Å². The van der Waals surface area contributed by atoms with Crippen molar-refractivity contribution in [2.24, 2.45) is 5.73 Å². The maximum absolute atomic E-state index is 12.0. The smallest absolute Gasteiger partial charge is 0.354 e. The highest BCUT2D eigenvalue weighted by atomic mass is 16.1. The van der Waals surface area contributed by atoms with Crippen molar-refractivity contribution in [2.45, 2.75) is 57.7 Å². The van der Waals surface area contributed by atoms with Gasteiger partial charge in [-0.1, -0.05) is 19.1 Å². The summed E-state index contributed by atoms with van der Waals surface area (Å²) in [5.41, 5.74) is 13.3. The molecule has 2 aromatic rings. The van der Waals surface area contributed by atoms with Gasteiger partial charge in [0.1, 0.15) is 5.82 Å². The van der Waals surface area contributed by atoms with E-state index < -0.39 is 0 Å². The number of anilines is 1. The molecule has 1 heterocycles. The molecule has 3 unspecified atom stereocenters. The Hall–Kier alpha value is -2.18. The molecule has 1 aromatic carbocycles. The molecule has 3 atom stereocenters. The molecule has 0 radical (unpaired) electrons. The Morgan fingerprint density at radius 3 is 2.58 bits per heavy atom. The molecule has 1 saturated carbocycles. The van der Waals surface area contributed by atoms with Gasteiger partial charge in [-0.05, 0) is 62.9 Å². The van der Waals surface area contributed by atoms with Crippen molar-refractivity contribution in [1.82, 2.24) is 14.5 Å². The molecule has 0 bridgehead atoms. The fourth-order valence-electron chi connectivity index (χ4n) is 4.09. The number of nitrogens with zero attached hydrogens (tertiary/aromatic N) is 3. The SMILES string of the molecule is CCN(C(C)Cc1ccc(-n2ccc(N)nc2=O)cc1)C1CCC(N)C1. The van der Waals surface area contributed by atoms with Gasteiger partial charge in [0.25, 0.3) is 0 Å². The van der Waals surface area contributed by atoms with Gasteiger partial charge in [0, 0.05) is 24.3 Å². The number of aromatic nitrogens is 2. The molecule has 6 nitrogen and oxygen atoms in total. The third-order valence-corrected chi connectivity index (χ3v) is 5.42. The average Bonchev–Trinajstić information content (AvgIpc) is 3.02. The molecule has 0 saturated heterocycles. The van der Waals surface area contributed by atoms with Gasteiger partial charge in [0.2, 0.25) is 0 Å². The Morgan fingerprint density at radius 2 is 2.00 bits per heavy atom. The van der Waals surface area contributed by atoms with Crippen LogP contribution >= 0.6 is 0 Å². The van der Waals surface area contributed by atoms with Gasteiger partial charge in [0.15, 0.2) is 0 Å². The van der Waals surface area contributed by atoms with Crippen LogP contribution in [0, 0.1) is 0 Å². The molecule has 3 rings (SSSR count). The van der Waals surface area contributed by atoms with Gasteiger partial charge < -0.3 is 11.5 Å². The summed E-state index contributed by atoms with van der Waals surface area (Å²) in [7, 11) is 0. The van der Waals surface area contributed by atoms with E-state index in [9.17, 15) is 4.79 Å². The summed E-state index contributed by atoms with van der Waals surface area (Å²) < 4.78 is 1.50. The monoisotopic (exact) mass is 355 g/mol. The number of rotatable bonds is 6. The zero-order valence-electron chi connectivity index (χ0n) is 15.6. The van der Waals surface area contributed by atoms with Gasteiger partial charge in [-0.15, -0.1) is 0 Å². The van der Waals surface area contributed by atoms with E-state index in [1.807, 2.05) is 12.1 Å². The van der Waals surface area contributed by atoms with Crippen molar-refractivity contribution in [3.05, 3.63) is 52.6 Å². The molecule has 0 aliphatic heterocycles. The van der Waals surface area contributed by atoms with E-state index in [2.05, 4.69) is 35.9 Å².